The number of hydrogen-bond acceptors (Lipinski definition) is 2. The highest BCUT2D eigenvalue weighted by molar-refractivity contribution is 9.10. The molecule has 1 aromatic rings. The molecule has 2 nitrogen and oxygen atoms in total. The molecule has 1 aliphatic heterocycles. The molecule has 0 aromatic heterocycles. The van der Waals surface area contributed by atoms with Crippen LogP contribution in [0, 0.1) is 0 Å². The van der Waals surface area contributed by atoms with Crippen LogP contribution < -0.4 is 5.73 Å². The number of nitrogens with two attached hydrogens (primary N) is 1. The zero-order valence-corrected chi connectivity index (χ0v) is 13.0. The maximum atomic E-state index is 6.38. The van der Waals surface area contributed by atoms with Gasteiger partial charge in [-0.05, 0) is 49.7 Å². The summed E-state index contributed by atoms with van der Waals surface area (Å²) in [6.45, 7) is 4.32. The molecule has 0 aliphatic carbocycles. The number of likely N-dealkylation sites (tertiary alicyclic amines) is 1. The third kappa shape index (κ3) is 3.08. The first-order valence-corrected chi connectivity index (χ1v) is 7.75. The predicted octanol–water partition coefficient (Wildman–Crippen LogP) is 3.98. The van der Waals surface area contributed by atoms with Gasteiger partial charge >= 0.3 is 0 Å². The van der Waals surface area contributed by atoms with E-state index in [1.54, 1.807) is 0 Å². The van der Waals surface area contributed by atoms with Gasteiger partial charge in [0.2, 0.25) is 0 Å². The first-order chi connectivity index (χ1) is 8.63. The number of hydrogen-bond donors (Lipinski definition) is 1. The van der Waals surface area contributed by atoms with Gasteiger partial charge in [0.25, 0.3) is 0 Å². The maximum Gasteiger partial charge on any atom is 0.0514 e. The van der Waals surface area contributed by atoms with E-state index in [-0.39, 0.29) is 12.1 Å². The molecule has 0 radical (unpaired) electrons. The third-order valence-electron chi connectivity index (χ3n) is 3.71. The molecule has 2 atom stereocenters. The molecule has 2 rings (SSSR count). The normalized spacial score (nSPS) is 26.0. The Balaban J connectivity index is 2.39. The Hall–Kier alpha value is -0.0900. The van der Waals surface area contributed by atoms with Crippen molar-refractivity contribution in [2.24, 2.45) is 5.73 Å². The Morgan fingerprint density at radius 2 is 2.22 bits per heavy atom. The van der Waals surface area contributed by atoms with Crippen LogP contribution in [0.2, 0.25) is 5.02 Å². The molecule has 1 heterocycles. The molecule has 4 heteroatoms. The second-order valence-electron chi connectivity index (χ2n) is 4.90. The van der Waals surface area contributed by atoms with Crippen molar-refractivity contribution in [3.8, 4) is 0 Å². The van der Waals surface area contributed by atoms with Gasteiger partial charge in [0.05, 0.1) is 6.04 Å². The van der Waals surface area contributed by atoms with E-state index in [0.29, 0.717) is 0 Å². The van der Waals surface area contributed by atoms with Gasteiger partial charge in [0.1, 0.15) is 0 Å². The highest BCUT2D eigenvalue weighted by Gasteiger charge is 2.29. The van der Waals surface area contributed by atoms with Gasteiger partial charge < -0.3 is 5.73 Å². The summed E-state index contributed by atoms with van der Waals surface area (Å²) in [5, 5.41) is 0.819. The fraction of sp³-hybridized carbons (Fsp3) is 0.571. The van der Waals surface area contributed by atoms with Crippen molar-refractivity contribution in [1.29, 1.82) is 0 Å². The van der Waals surface area contributed by atoms with Crippen molar-refractivity contribution in [2.45, 2.75) is 38.3 Å². The summed E-state index contributed by atoms with van der Waals surface area (Å²) in [6, 6.07) is 6.44. The molecule has 1 fully saturated rings. The summed E-state index contributed by atoms with van der Waals surface area (Å²) < 4.78 is 1.06. The van der Waals surface area contributed by atoms with E-state index in [1.165, 1.54) is 12.8 Å². The Bertz CT molecular complexity index is 411. The number of halogens is 2. The first kappa shape index (κ1) is 14.3. The quantitative estimate of drug-likeness (QED) is 0.888. The van der Waals surface area contributed by atoms with Crippen LogP contribution in [0.5, 0.6) is 0 Å². The van der Waals surface area contributed by atoms with Crippen LogP contribution in [0.4, 0.5) is 0 Å². The topological polar surface area (TPSA) is 29.3 Å². The molecule has 18 heavy (non-hydrogen) atoms. The van der Waals surface area contributed by atoms with Crippen LogP contribution in [-0.2, 0) is 0 Å². The fourth-order valence-electron chi connectivity index (χ4n) is 2.79. The predicted molar refractivity (Wildman–Crippen MR) is 81.0 cm³/mol. The van der Waals surface area contributed by atoms with E-state index in [2.05, 4.69) is 33.8 Å². The molecule has 100 valence electrons. The van der Waals surface area contributed by atoms with Crippen LogP contribution in [0.3, 0.4) is 0 Å². The van der Waals surface area contributed by atoms with E-state index >= 15 is 0 Å². The Morgan fingerprint density at radius 1 is 1.44 bits per heavy atom. The molecule has 2 unspecified atom stereocenters. The minimum atomic E-state index is 0.166. The van der Waals surface area contributed by atoms with E-state index in [0.717, 1.165) is 34.6 Å². The average molecular weight is 332 g/mol. The van der Waals surface area contributed by atoms with Crippen LogP contribution in [0.1, 0.15) is 37.8 Å². The number of likely N-dealkylation sites (N-methyl/N-ethyl adjacent to an activating group) is 1. The fourth-order valence-corrected chi connectivity index (χ4v) is 3.39. The first-order valence-electron chi connectivity index (χ1n) is 6.58. The molecule has 0 amide bonds. The summed E-state index contributed by atoms with van der Waals surface area (Å²) in [7, 11) is 0. The number of rotatable bonds is 2. The van der Waals surface area contributed by atoms with Gasteiger partial charge in [-0.3, -0.25) is 4.90 Å². The Labute approximate surface area is 123 Å². The number of nitrogens with zero attached hydrogens (tertiary/aromatic N) is 1. The average Bonchev–Trinajstić information content (AvgIpc) is 2.54. The van der Waals surface area contributed by atoms with E-state index in [1.807, 2.05) is 12.1 Å². The third-order valence-corrected chi connectivity index (χ3v) is 4.55. The van der Waals surface area contributed by atoms with Crippen molar-refractivity contribution in [3.05, 3.63) is 33.3 Å². The van der Waals surface area contributed by atoms with Crippen LogP contribution in [0.25, 0.3) is 0 Å². The molecule has 1 aliphatic rings. The molecule has 0 bridgehead atoms. The summed E-state index contributed by atoms with van der Waals surface area (Å²) in [5.41, 5.74) is 7.54. The molecule has 0 spiro atoms. The minimum Gasteiger partial charge on any atom is -0.326 e. The van der Waals surface area contributed by atoms with Crippen LogP contribution in [-0.4, -0.2) is 24.0 Å². The number of benzene rings is 1. The summed E-state index contributed by atoms with van der Waals surface area (Å²) in [5.74, 6) is 0. The van der Waals surface area contributed by atoms with Crippen molar-refractivity contribution >= 4 is 27.5 Å². The zero-order valence-electron chi connectivity index (χ0n) is 10.7. The lowest BCUT2D eigenvalue weighted by molar-refractivity contribution is 0.195. The second kappa shape index (κ2) is 6.38. The minimum absolute atomic E-state index is 0.166. The second-order valence-corrected chi connectivity index (χ2v) is 6.22. The van der Waals surface area contributed by atoms with Crippen molar-refractivity contribution in [1.82, 2.24) is 4.90 Å². The summed E-state index contributed by atoms with van der Waals surface area (Å²) >= 11 is 9.89. The van der Waals surface area contributed by atoms with Gasteiger partial charge in [0.15, 0.2) is 0 Å². The summed E-state index contributed by atoms with van der Waals surface area (Å²) in [6.07, 6.45) is 3.51. The molecular weight excluding hydrogens is 312 g/mol. The lowest BCUT2D eigenvalue weighted by Crippen LogP contribution is -2.39. The Kier molecular flexibility index (Phi) is 5.07. The lowest BCUT2D eigenvalue weighted by Gasteiger charge is -2.33. The Morgan fingerprint density at radius 3 is 2.94 bits per heavy atom. The van der Waals surface area contributed by atoms with Crippen molar-refractivity contribution in [3.63, 3.8) is 0 Å². The van der Waals surface area contributed by atoms with Gasteiger partial charge in [-0.1, -0.05) is 40.9 Å². The summed E-state index contributed by atoms with van der Waals surface area (Å²) in [4.78, 5) is 2.45. The maximum absolute atomic E-state index is 6.38. The standard InChI is InChI=1S/C14H20BrClN2/c1-2-18-8-4-3-5-13(17)14(18)11-9-10(15)6-7-12(11)16/h6-7,9,13-14H,2-5,8,17H2,1H3. The zero-order chi connectivity index (χ0) is 13.1. The highest BCUT2D eigenvalue weighted by Crippen LogP contribution is 2.34. The van der Waals surface area contributed by atoms with Crippen LogP contribution in [0.15, 0.2) is 22.7 Å². The largest absolute Gasteiger partial charge is 0.326 e. The van der Waals surface area contributed by atoms with Gasteiger partial charge in [-0.15, -0.1) is 0 Å². The highest BCUT2D eigenvalue weighted by atomic mass is 79.9. The van der Waals surface area contributed by atoms with Crippen molar-refractivity contribution in [2.75, 3.05) is 13.1 Å². The van der Waals surface area contributed by atoms with Gasteiger partial charge in [-0.25, -0.2) is 0 Å². The molecule has 1 saturated heterocycles. The van der Waals surface area contributed by atoms with Gasteiger partial charge in [0, 0.05) is 15.5 Å². The van der Waals surface area contributed by atoms with Crippen LogP contribution >= 0.6 is 27.5 Å². The van der Waals surface area contributed by atoms with Gasteiger partial charge in [-0.2, -0.15) is 0 Å². The van der Waals surface area contributed by atoms with E-state index < -0.39 is 0 Å². The van der Waals surface area contributed by atoms with Crippen molar-refractivity contribution < 1.29 is 0 Å². The van der Waals surface area contributed by atoms with E-state index in [4.69, 9.17) is 17.3 Å². The molecule has 1 aromatic carbocycles. The SMILES string of the molecule is CCN1CCCCC(N)C1c1cc(Br)ccc1Cl. The molecule has 0 saturated carbocycles. The molecule has 2 N–H and O–H groups in total. The van der Waals surface area contributed by atoms with E-state index in [9.17, 15) is 0 Å². The smallest absolute Gasteiger partial charge is 0.0514 e. The lowest BCUT2D eigenvalue weighted by atomic mass is 9.96. The monoisotopic (exact) mass is 330 g/mol. The molecular formula is C14H20BrClN2.